The number of hydrogen-bond acceptors (Lipinski definition) is 2. The fourth-order valence-electron chi connectivity index (χ4n) is 2.32. The van der Waals surface area contributed by atoms with Gasteiger partial charge >= 0.3 is 6.03 Å². The first-order valence-corrected chi connectivity index (χ1v) is 8.10. The minimum absolute atomic E-state index is 0.197. The Kier molecular flexibility index (Phi) is 6.98. The molecule has 0 aliphatic rings. The van der Waals surface area contributed by atoms with Gasteiger partial charge in [0.1, 0.15) is 5.75 Å². The molecule has 0 radical (unpaired) electrons. The van der Waals surface area contributed by atoms with E-state index in [9.17, 15) is 4.79 Å². The van der Waals surface area contributed by atoms with Crippen LogP contribution in [-0.4, -0.2) is 19.2 Å². The Morgan fingerprint density at radius 3 is 2.52 bits per heavy atom. The van der Waals surface area contributed by atoms with Crippen LogP contribution in [0, 0.1) is 0 Å². The van der Waals surface area contributed by atoms with E-state index in [1.54, 1.807) is 0 Å². The average molecular weight is 312 g/mol. The summed E-state index contributed by atoms with van der Waals surface area (Å²) in [5.74, 6) is 0.689. The zero-order valence-corrected chi connectivity index (χ0v) is 13.5. The number of carbonyl (C=O) groups excluding carboxylic acids is 1. The van der Waals surface area contributed by atoms with E-state index >= 15 is 0 Å². The first-order valence-electron chi connectivity index (χ1n) is 8.10. The Morgan fingerprint density at radius 2 is 1.74 bits per heavy atom. The average Bonchev–Trinajstić information content (AvgIpc) is 2.57. The molecule has 122 valence electrons. The highest BCUT2D eigenvalue weighted by Crippen LogP contribution is 2.23. The number of anilines is 1. The maximum absolute atomic E-state index is 11.9. The molecule has 0 aromatic heterocycles. The monoisotopic (exact) mass is 312 g/mol. The summed E-state index contributed by atoms with van der Waals surface area (Å²) in [6, 6.07) is 17.6. The van der Waals surface area contributed by atoms with E-state index in [1.807, 2.05) is 37.3 Å². The molecular formula is C19H24N2O2. The van der Waals surface area contributed by atoms with Crippen LogP contribution >= 0.6 is 0 Å². The van der Waals surface area contributed by atoms with Crippen LogP contribution in [0.15, 0.2) is 54.6 Å². The van der Waals surface area contributed by atoms with Gasteiger partial charge in [0, 0.05) is 6.54 Å². The van der Waals surface area contributed by atoms with Crippen LogP contribution in [0.5, 0.6) is 5.75 Å². The molecule has 4 nitrogen and oxygen atoms in total. The van der Waals surface area contributed by atoms with Crippen LogP contribution in [0.3, 0.4) is 0 Å². The predicted molar refractivity (Wildman–Crippen MR) is 94.0 cm³/mol. The van der Waals surface area contributed by atoms with Crippen LogP contribution in [0.1, 0.15) is 25.3 Å². The zero-order chi connectivity index (χ0) is 16.3. The maximum Gasteiger partial charge on any atom is 0.319 e. The molecule has 2 rings (SSSR count). The first-order chi connectivity index (χ1) is 11.3. The van der Waals surface area contributed by atoms with Crippen molar-refractivity contribution in [2.75, 3.05) is 18.5 Å². The van der Waals surface area contributed by atoms with Crippen LogP contribution in [0.2, 0.25) is 0 Å². The number of nitrogens with one attached hydrogen (secondary N) is 2. The lowest BCUT2D eigenvalue weighted by Crippen LogP contribution is -2.29. The first kappa shape index (κ1) is 16.9. The summed E-state index contributed by atoms with van der Waals surface area (Å²) in [7, 11) is 0. The molecule has 0 aliphatic carbocycles. The molecule has 23 heavy (non-hydrogen) atoms. The van der Waals surface area contributed by atoms with Crippen molar-refractivity contribution in [3.05, 3.63) is 60.2 Å². The number of aryl methyl sites for hydroxylation is 1. The zero-order valence-electron chi connectivity index (χ0n) is 13.5. The van der Waals surface area contributed by atoms with Gasteiger partial charge in [0.2, 0.25) is 0 Å². The third-order valence-corrected chi connectivity index (χ3v) is 3.46. The van der Waals surface area contributed by atoms with Gasteiger partial charge in [-0.2, -0.15) is 0 Å². The van der Waals surface area contributed by atoms with Crippen molar-refractivity contribution in [3.63, 3.8) is 0 Å². The van der Waals surface area contributed by atoms with Gasteiger partial charge in [-0.1, -0.05) is 42.5 Å². The lowest BCUT2D eigenvalue weighted by atomic mass is 10.1. The summed E-state index contributed by atoms with van der Waals surface area (Å²) in [4.78, 5) is 11.9. The standard InChI is InChI=1S/C19H24N2O2/c1-2-23-18-14-7-6-13-17(18)21-19(22)20-15-9-8-12-16-10-4-3-5-11-16/h3-7,10-11,13-14H,2,8-9,12,15H2,1H3,(H2,20,21,22). The number of rotatable bonds is 8. The van der Waals surface area contributed by atoms with Crippen molar-refractivity contribution in [2.24, 2.45) is 0 Å². The second-order valence-corrected chi connectivity index (χ2v) is 5.25. The largest absolute Gasteiger partial charge is 0.492 e. The van der Waals surface area contributed by atoms with E-state index < -0.39 is 0 Å². The smallest absolute Gasteiger partial charge is 0.319 e. The van der Waals surface area contributed by atoms with Gasteiger partial charge in [0.25, 0.3) is 0 Å². The van der Waals surface area contributed by atoms with Crippen LogP contribution in [-0.2, 0) is 6.42 Å². The molecule has 2 N–H and O–H groups in total. The molecule has 0 saturated carbocycles. The maximum atomic E-state index is 11.9. The molecule has 0 fully saturated rings. The third kappa shape index (κ3) is 6.02. The van der Waals surface area contributed by atoms with Crippen LogP contribution in [0.25, 0.3) is 0 Å². The molecule has 0 aliphatic heterocycles. The number of para-hydroxylation sites is 2. The van der Waals surface area contributed by atoms with Gasteiger partial charge in [-0.25, -0.2) is 4.79 Å². The summed E-state index contributed by atoms with van der Waals surface area (Å²) >= 11 is 0. The van der Waals surface area contributed by atoms with E-state index in [0.29, 0.717) is 24.6 Å². The quantitative estimate of drug-likeness (QED) is 0.717. The minimum atomic E-state index is -0.197. The number of carbonyl (C=O) groups is 1. The molecule has 0 atom stereocenters. The number of benzene rings is 2. The number of urea groups is 1. The summed E-state index contributed by atoms with van der Waals surface area (Å²) in [5, 5.41) is 5.71. The van der Waals surface area contributed by atoms with E-state index in [-0.39, 0.29) is 6.03 Å². The molecule has 2 aromatic rings. The molecule has 0 bridgehead atoms. The van der Waals surface area contributed by atoms with E-state index in [2.05, 4.69) is 34.9 Å². The van der Waals surface area contributed by atoms with Gasteiger partial charge < -0.3 is 15.4 Å². The second-order valence-electron chi connectivity index (χ2n) is 5.25. The van der Waals surface area contributed by atoms with Gasteiger partial charge in [-0.05, 0) is 43.9 Å². The summed E-state index contributed by atoms with van der Waals surface area (Å²) in [6.07, 6.45) is 3.05. The normalized spacial score (nSPS) is 10.1. The van der Waals surface area contributed by atoms with Crippen molar-refractivity contribution in [3.8, 4) is 5.75 Å². The molecular weight excluding hydrogens is 288 g/mol. The topological polar surface area (TPSA) is 50.4 Å². The number of unbranched alkanes of at least 4 members (excludes halogenated alkanes) is 1. The second kappa shape index (κ2) is 9.51. The van der Waals surface area contributed by atoms with E-state index in [0.717, 1.165) is 19.3 Å². The molecule has 2 aromatic carbocycles. The molecule has 0 saturated heterocycles. The molecule has 0 unspecified atom stereocenters. The lowest BCUT2D eigenvalue weighted by Gasteiger charge is -2.12. The Balaban J connectivity index is 1.67. The molecule has 2 amide bonds. The van der Waals surface area contributed by atoms with Gasteiger partial charge in [-0.15, -0.1) is 0 Å². The van der Waals surface area contributed by atoms with E-state index in [4.69, 9.17) is 4.74 Å². The predicted octanol–water partition coefficient (Wildman–Crippen LogP) is 4.23. The molecule has 0 heterocycles. The Labute approximate surface area is 137 Å². The number of ether oxygens (including phenoxy) is 1. The SMILES string of the molecule is CCOc1ccccc1NC(=O)NCCCCc1ccccc1. The Hall–Kier alpha value is -2.49. The Bertz CT molecular complexity index is 599. The lowest BCUT2D eigenvalue weighted by molar-refractivity contribution is 0.251. The van der Waals surface area contributed by atoms with E-state index in [1.165, 1.54) is 5.56 Å². The minimum Gasteiger partial charge on any atom is -0.492 e. The van der Waals surface area contributed by atoms with Crippen molar-refractivity contribution in [1.29, 1.82) is 0 Å². The Morgan fingerprint density at radius 1 is 1.00 bits per heavy atom. The third-order valence-electron chi connectivity index (χ3n) is 3.46. The van der Waals surface area contributed by atoms with Crippen molar-refractivity contribution in [1.82, 2.24) is 5.32 Å². The highest BCUT2D eigenvalue weighted by molar-refractivity contribution is 5.90. The van der Waals surface area contributed by atoms with Gasteiger partial charge in [0.15, 0.2) is 0 Å². The van der Waals surface area contributed by atoms with Crippen molar-refractivity contribution in [2.45, 2.75) is 26.2 Å². The number of hydrogen-bond donors (Lipinski definition) is 2. The van der Waals surface area contributed by atoms with Crippen molar-refractivity contribution >= 4 is 11.7 Å². The van der Waals surface area contributed by atoms with Crippen LogP contribution < -0.4 is 15.4 Å². The van der Waals surface area contributed by atoms with Crippen LogP contribution in [0.4, 0.5) is 10.5 Å². The highest BCUT2D eigenvalue weighted by atomic mass is 16.5. The fraction of sp³-hybridized carbons (Fsp3) is 0.316. The molecule has 4 heteroatoms. The molecule has 0 spiro atoms. The van der Waals surface area contributed by atoms with Crippen molar-refractivity contribution < 1.29 is 9.53 Å². The fourth-order valence-corrected chi connectivity index (χ4v) is 2.32. The van der Waals surface area contributed by atoms with Gasteiger partial charge in [-0.3, -0.25) is 0 Å². The van der Waals surface area contributed by atoms with Gasteiger partial charge in [0.05, 0.1) is 12.3 Å². The summed E-state index contributed by atoms with van der Waals surface area (Å²) in [5.41, 5.74) is 2.03. The summed E-state index contributed by atoms with van der Waals surface area (Å²) < 4.78 is 5.49. The number of amides is 2. The summed E-state index contributed by atoms with van der Waals surface area (Å²) in [6.45, 7) is 3.15. The highest BCUT2D eigenvalue weighted by Gasteiger charge is 2.06.